The zero-order valence-corrected chi connectivity index (χ0v) is 14.7. The Kier molecular flexibility index (Phi) is 4.70. The van der Waals surface area contributed by atoms with E-state index in [0.717, 1.165) is 5.56 Å². The third-order valence-electron chi connectivity index (χ3n) is 2.73. The Hall–Kier alpha value is -1.11. The molecule has 0 aliphatic carbocycles. The lowest BCUT2D eigenvalue weighted by molar-refractivity contribution is 0.103. The number of nitrogens with one attached hydrogen (secondary N) is 1. The van der Waals surface area contributed by atoms with E-state index in [1.54, 1.807) is 30.3 Å². The van der Waals surface area contributed by atoms with Gasteiger partial charge in [0.15, 0.2) is 5.13 Å². The lowest BCUT2D eigenvalue weighted by Gasteiger charge is -2.01. The molecule has 112 valence electrons. The fourth-order valence-electron chi connectivity index (χ4n) is 1.75. The van der Waals surface area contributed by atoms with Crippen molar-refractivity contribution in [2.75, 3.05) is 5.32 Å². The zero-order valence-electron chi connectivity index (χ0n) is 10.8. The van der Waals surface area contributed by atoms with E-state index in [2.05, 4.69) is 10.3 Å². The lowest BCUT2D eigenvalue weighted by Crippen LogP contribution is -2.09. The molecular weight excluding hydrogens is 383 g/mol. The van der Waals surface area contributed by atoms with Gasteiger partial charge in [0.1, 0.15) is 0 Å². The molecule has 0 aliphatic heterocycles. The molecule has 1 amide bonds. The van der Waals surface area contributed by atoms with Crippen molar-refractivity contribution >= 4 is 68.5 Å². The molecule has 0 saturated carbocycles. The van der Waals surface area contributed by atoms with E-state index in [1.807, 2.05) is 5.38 Å². The summed E-state index contributed by atoms with van der Waals surface area (Å²) in [6.45, 7) is 0. The first-order valence-corrected chi connectivity index (χ1v) is 8.83. The third kappa shape index (κ3) is 3.45. The summed E-state index contributed by atoms with van der Waals surface area (Å²) in [5.41, 5.74) is 1.45. The molecule has 0 radical (unpaired) electrons. The maximum atomic E-state index is 12.0. The average Bonchev–Trinajstić information content (AvgIpc) is 3.08. The first-order valence-electron chi connectivity index (χ1n) is 6.00. The van der Waals surface area contributed by atoms with E-state index in [0.29, 0.717) is 30.1 Å². The van der Waals surface area contributed by atoms with Gasteiger partial charge in [-0.1, -0.05) is 34.8 Å². The minimum Gasteiger partial charge on any atom is -0.297 e. The average molecular weight is 390 g/mol. The van der Waals surface area contributed by atoms with Crippen LogP contribution < -0.4 is 5.32 Å². The second-order valence-electron chi connectivity index (χ2n) is 4.22. The molecule has 0 fully saturated rings. The molecule has 0 aliphatic rings. The van der Waals surface area contributed by atoms with Crippen molar-refractivity contribution < 1.29 is 4.79 Å². The third-order valence-corrected chi connectivity index (χ3v) is 5.26. The number of carbonyl (C=O) groups is 1. The Morgan fingerprint density at radius 3 is 2.64 bits per heavy atom. The standard InChI is InChI=1S/C14H7Cl3N2OS2/c15-7-1-2-8(9(16)5-7)10-6-21-14(18-10)19-13(20)11-3-4-12(17)22-11/h1-6H,(H,18,19,20). The number of aromatic nitrogens is 1. The number of carbonyl (C=O) groups excluding carboxylic acids is 1. The number of rotatable bonds is 3. The number of anilines is 1. The van der Waals surface area contributed by atoms with Gasteiger partial charge in [0, 0.05) is 16.0 Å². The van der Waals surface area contributed by atoms with Crippen molar-refractivity contribution in [2.24, 2.45) is 0 Å². The normalized spacial score (nSPS) is 10.7. The predicted molar refractivity (Wildman–Crippen MR) is 94.9 cm³/mol. The summed E-state index contributed by atoms with van der Waals surface area (Å²) in [7, 11) is 0. The van der Waals surface area contributed by atoms with Gasteiger partial charge in [-0.25, -0.2) is 4.98 Å². The highest BCUT2D eigenvalue weighted by molar-refractivity contribution is 7.18. The number of benzene rings is 1. The van der Waals surface area contributed by atoms with Gasteiger partial charge in [-0.15, -0.1) is 22.7 Å². The highest BCUT2D eigenvalue weighted by Crippen LogP contribution is 2.32. The maximum absolute atomic E-state index is 12.0. The van der Waals surface area contributed by atoms with Gasteiger partial charge in [-0.3, -0.25) is 10.1 Å². The smallest absolute Gasteiger partial charge is 0.267 e. The number of nitrogens with zero attached hydrogens (tertiary/aromatic N) is 1. The predicted octanol–water partition coefficient (Wildman–Crippen LogP) is 6.08. The SMILES string of the molecule is O=C(Nc1nc(-c2ccc(Cl)cc2Cl)cs1)c1ccc(Cl)s1. The topological polar surface area (TPSA) is 42.0 Å². The molecule has 8 heteroatoms. The Bertz CT molecular complexity index is 844. The van der Waals surface area contributed by atoms with Crippen LogP contribution in [0.5, 0.6) is 0 Å². The summed E-state index contributed by atoms with van der Waals surface area (Å²) in [5.74, 6) is -0.236. The fourth-order valence-corrected chi connectivity index (χ4v) is 3.90. The van der Waals surface area contributed by atoms with Crippen molar-refractivity contribution in [1.29, 1.82) is 0 Å². The molecule has 2 heterocycles. The molecule has 3 rings (SSSR count). The summed E-state index contributed by atoms with van der Waals surface area (Å²) in [6.07, 6.45) is 0. The molecule has 22 heavy (non-hydrogen) atoms. The quantitative estimate of drug-likeness (QED) is 0.589. The molecule has 2 aromatic heterocycles. The minimum absolute atomic E-state index is 0.236. The number of hydrogen-bond donors (Lipinski definition) is 1. The molecule has 1 aromatic carbocycles. The van der Waals surface area contributed by atoms with Crippen LogP contribution in [-0.2, 0) is 0 Å². The van der Waals surface area contributed by atoms with Gasteiger partial charge in [0.25, 0.3) is 5.91 Å². The number of amides is 1. The number of thiophene rings is 1. The van der Waals surface area contributed by atoms with Crippen LogP contribution in [0.15, 0.2) is 35.7 Å². The van der Waals surface area contributed by atoms with Crippen LogP contribution in [0.2, 0.25) is 14.4 Å². The lowest BCUT2D eigenvalue weighted by atomic mass is 10.2. The summed E-state index contributed by atoms with van der Waals surface area (Å²) in [5, 5.41) is 6.14. The minimum atomic E-state index is -0.236. The van der Waals surface area contributed by atoms with E-state index in [4.69, 9.17) is 34.8 Å². The van der Waals surface area contributed by atoms with Crippen molar-refractivity contribution in [1.82, 2.24) is 4.98 Å². The van der Waals surface area contributed by atoms with Gasteiger partial charge < -0.3 is 0 Å². The molecule has 3 aromatic rings. The molecular formula is C14H7Cl3N2OS2. The van der Waals surface area contributed by atoms with Gasteiger partial charge >= 0.3 is 0 Å². The van der Waals surface area contributed by atoms with Crippen molar-refractivity contribution in [2.45, 2.75) is 0 Å². The van der Waals surface area contributed by atoms with E-state index in [-0.39, 0.29) is 5.91 Å². The summed E-state index contributed by atoms with van der Waals surface area (Å²) >= 11 is 20.4. The second-order valence-corrected chi connectivity index (χ2v) is 7.64. The fraction of sp³-hybridized carbons (Fsp3) is 0. The second kappa shape index (κ2) is 6.56. The Balaban J connectivity index is 1.80. The van der Waals surface area contributed by atoms with Crippen LogP contribution in [0.25, 0.3) is 11.3 Å². The highest BCUT2D eigenvalue weighted by atomic mass is 35.5. The number of halogens is 3. The van der Waals surface area contributed by atoms with Gasteiger partial charge in [-0.05, 0) is 30.3 Å². The van der Waals surface area contributed by atoms with Crippen LogP contribution in [0.4, 0.5) is 5.13 Å². The van der Waals surface area contributed by atoms with Gasteiger partial charge in [0.05, 0.1) is 19.9 Å². The van der Waals surface area contributed by atoms with Crippen LogP contribution in [0.1, 0.15) is 9.67 Å². The van der Waals surface area contributed by atoms with E-state index in [9.17, 15) is 4.79 Å². The maximum Gasteiger partial charge on any atom is 0.267 e. The van der Waals surface area contributed by atoms with Crippen LogP contribution >= 0.6 is 57.5 Å². The van der Waals surface area contributed by atoms with Gasteiger partial charge in [0.2, 0.25) is 0 Å². The van der Waals surface area contributed by atoms with Gasteiger partial charge in [-0.2, -0.15) is 0 Å². The molecule has 1 N–H and O–H groups in total. The molecule has 0 saturated heterocycles. The molecule has 0 spiro atoms. The molecule has 0 unspecified atom stereocenters. The largest absolute Gasteiger partial charge is 0.297 e. The number of thiazole rings is 1. The first-order chi connectivity index (χ1) is 10.5. The Labute approximate surface area is 149 Å². The first kappa shape index (κ1) is 15.8. The van der Waals surface area contributed by atoms with Crippen LogP contribution in [-0.4, -0.2) is 10.9 Å². The van der Waals surface area contributed by atoms with Crippen molar-refractivity contribution in [3.05, 3.63) is 55.0 Å². The molecule has 0 atom stereocenters. The van der Waals surface area contributed by atoms with E-state index >= 15 is 0 Å². The summed E-state index contributed by atoms with van der Waals surface area (Å²) in [4.78, 5) is 17.0. The molecule has 3 nitrogen and oxygen atoms in total. The summed E-state index contributed by atoms with van der Waals surface area (Å²) in [6, 6.07) is 8.55. The Morgan fingerprint density at radius 2 is 1.95 bits per heavy atom. The zero-order chi connectivity index (χ0) is 15.7. The van der Waals surface area contributed by atoms with E-state index in [1.165, 1.54) is 22.7 Å². The Morgan fingerprint density at radius 1 is 1.14 bits per heavy atom. The van der Waals surface area contributed by atoms with Crippen LogP contribution in [0, 0.1) is 0 Å². The highest BCUT2D eigenvalue weighted by Gasteiger charge is 2.13. The summed E-state index contributed by atoms with van der Waals surface area (Å²) < 4.78 is 0.568. The van der Waals surface area contributed by atoms with Crippen LogP contribution in [0.3, 0.4) is 0 Å². The van der Waals surface area contributed by atoms with Crippen molar-refractivity contribution in [3.8, 4) is 11.3 Å². The monoisotopic (exact) mass is 388 g/mol. The van der Waals surface area contributed by atoms with E-state index < -0.39 is 0 Å². The number of hydrogen-bond acceptors (Lipinski definition) is 4. The molecule has 0 bridgehead atoms. The van der Waals surface area contributed by atoms with Crippen molar-refractivity contribution in [3.63, 3.8) is 0 Å².